The molecule has 4 N–H and O–H groups in total. The fraction of sp³-hybridized carbons (Fsp3) is 0.650. The van der Waals surface area contributed by atoms with E-state index in [0.717, 1.165) is 31.4 Å². The molecule has 7 atom stereocenters. The number of benzene rings is 1. The number of nitrogens with one attached hydrogen (secondary N) is 1. The van der Waals surface area contributed by atoms with Gasteiger partial charge in [-0.25, -0.2) is 9.78 Å². The van der Waals surface area contributed by atoms with Gasteiger partial charge in [0.15, 0.2) is 11.9 Å². The van der Waals surface area contributed by atoms with E-state index in [4.69, 9.17) is 10.5 Å². The minimum atomic E-state index is -0.964. The van der Waals surface area contributed by atoms with E-state index in [1.54, 1.807) is 50.5 Å². The van der Waals surface area contributed by atoms with Crippen LogP contribution in [0.4, 0.5) is 10.5 Å². The lowest BCUT2D eigenvalue weighted by Crippen LogP contribution is -2.50. The van der Waals surface area contributed by atoms with Gasteiger partial charge >= 0.3 is 12.1 Å². The minimum absolute atomic E-state index is 0.0308. The van der Waals surface area contributed by atoms with Gasteiger partial charge in [0.1, 0.15) is 10.7 Å². The predicted molar refractivity (Wildman–Crippen MR) is 211 cm³/mol. The lowest BCUT2D eigenvalue weighted by atomic mass is 9.80. The van der Waals surface area contributed by atoms with Gasteiger partial charge in [-0.05, 0) is 75.7 Å². The van der Waals surface area contributed by atoms with Crippen LogP contribution in [0.5, 0.6) is 0 Å². The first-order valence-electron chi connectivity index (χ1n) is 19.0. The highest BCUT2D eigenvalue weighted by Gasteiger charge is 2.44. The number of aromatic nitrogens is 1. The Bertz CT molecular complexity index is 1600. The van der Waals surface area contributed by atoms with Crippen molar-refractivity contribution >= 4 is 46.7 Å². The van der Waals surface area contributed by atoms with E-state index < -0.39 is 53.5 Å². The molecule has 0 saturated carbocycles. The summed E-state index contributed by atoms with van der Waals surface area (Å²) in [5.74, 6) is -2.80. The van der Waals surface area contributed by atoms with Crippen LogP contribution in [0.15, 0.2) is 29.6 Å². The Morgan fingerprint density at radius 1 is 1.07 bits per heavy atom. The number of anilines is 1. The van der Waals surface area contributed by atoms with Crippen LogP contribution in [0.1, 0.15) is 107 Å². The van der Waals surface area contributed by atoms with Crippen molar-refractivity contribution in [2.75, 3.05) is 40.5 Å². The maximum atomic E-state index is 14.4. The molecule has 0 spiro atoms. The molecular weight excluding hydrogens is 709 g/mol. The van der Waals surface area contributed by atoms with Crippen molar-refractivity contribution in [1.29, 1.82) is 0 Å². The fourth-order valence-corrected chi connectivity index (χ4v) is 7.93. The highest BCUT2D eigenvalue weighted by atomic mass is 32.1. The van der Waals surface area contributed by atoms with Crippen LogP contribution in [-0.2, 0) is 25.5 Å². The number of hydrogen-bond donors (Lipinski definition) is 3. The smallest absolute Gasteiger partial charge is 0.409 e. The van der Waals surface area contributed by atoms with Crippen molar-refractivity contribution in [3.8, 4) is 0 Å². The summed E-state index contributed by atoms with van der Waals surface area (Å²) in [4.78, 5) is 76.2. The molecule has 1 fully saturated rings. The highest BCUT2D eigenvalue weighted by Crippen LogP contribution is 2.35. The number of likely N-dealkylation sites (N-methyl/N-ethyl adjacent to an activating group) is 1. The summed E-state index contributed by atoms with van der Waals surface area (Å²) in [6, 6.07) is 6.29. The molecule has 0 bridgehead atoms. The van der Waals surface area contributed by atoms with Crippen LogP contribution < -0.4 is 11.1 Å². The number of nitrogen functional groups attached to an aromatic ring is 1. The maximum absolute atomic E-state index is 14.4. The number of likely N-dealkylation sites (tertiary alicyclic amines) is 1. The maximum Gasteiger partial charge on any atom is 0.409 e. The van der Waals surface area contributed by atoms with E-state index in [0.29, 0.717) is 17.1 Å². The number of carbonyl (C=O) groups excluding carboxylic acids is 4. The number of carboxylic acids is 1. The molecule has 1 aromatic heterocycles. The average Bonchev–Trinajstić information content (AvgIpc) is 3.75. The summed E-state index contributed by atoms with van der Waals surface area (Å²) in [7, 11) is 6.87. The molecule has 13 nitrogen and oxygen atoms in total. The summed E-state index contributed by atoms with van der Waals surface area (Å²) < 4.78 is 5.97. The molecule has 1 aliphatic rings. The molecule has 2 heterocycles. The number of aliphatic carboxylic acids is 1. The number of nitrogens with zero attached hydrogens (tertiary/aromatic N) is 4. The SMILES string of the molecule is CC[C@H](C)[C@H](CC(=O)[C@@]1(C)CCCN1C)C(=O)N(C)[C@H](C[C@@H](OC(=O)N(C)C)c1nc(C(=O)N[C@@H](Cc2ccc(N)cc2)C[C@H](C)C(=O)O)cs1)C(C)C. The Morgan fingerprint density at radius 3 is 2.26 bits per heavy atom. The second kappa shape index (κ2) is 19.5. The first-order chi connectivity index (χ1) is 25.3. The summed E-state index contributed by atoms with van der Waals surface area (Å²) in [6.45, 7) is 12.5. The molecule has 1 saturated heterocycles. The number of ketones is 1. The van der Waals surface area contributed by atoms with Gasteiger partial charge in [0.2, 0.25) is 5.91 Å². The number of hydrogen-bond acceptors (Lipinski definition) is 10. The van der Waals surface area contributed by atoms with Gasteiger partial charge in [0.25, 0.3) is 5.91 Å². The van der Waals surface area contributed by atoms with Gasteiger partial charge in [0.05, 0.1) is 11.5 Å². The molecule has 3 amide bonds. The second-order valence-electron chi connectivity index (χ2n) is 15.8. The number of ether oxygens (including phenoxy) is 1. The lowest BCUT2D eigenvalue weighted by molar-refractivity contribution is -0.144. The van der Waals surface area contributed by atoms with Gasteiger partial charge in [-0.2, -0.15) is 0 Å². The Morgan fingerprint density at radius 2 is 1.72 bits per heavy atom. The number of thiazole rings is 1. The van der Waals surface area contributed by atoms with Crippen LogP contribution in [0.3, 0.4) is 0 Å². The van der Waals surface area contributed by atoms with Crippen LogP contribution in [-0.4, -0.2) is 107 Å². The average molecular weight is 771 g/mol. The lowest BCUT2D eigenvalue weighted by Gasteiger charge is -2.38. The summed E-state index contributed by atoms with van der Waals surface area (Å²) in [5, 5.41) is 14.5. The number of nitrogens with two attached hydrogens (primary N) is 1. The topological polar surface area (TPSA) is 175 Å². The Hall–Kier alpha value is -4.04. The van der Waals surface area contributed by atoms with E-state index >= 15 is 0 Å². The third-order valence-corrected chi connectivity index (χ3v) is 12.2. The second-order valence-corrected chi connectivity index (χ2v) is 16.7. The molecule has 3 rings (SSSR count). The van der Waals surface area contributed by atoms with Crippen molar-refractivity contribution < 1.29 is 33.8 Å². The molecular formula is C40H62N6O7S. The van der Waals surface area contributed by atoms with E-state index in [2.05, 4.69) is 15.2 Å². The van der Waals surface area contributed by atoms with Crippen LogP contribution >= 0.6 is 11.3 Å². The normalized spacial score (nSPS) is 19.3. The number of Topliss-reactive ketones (excluding diaryl/α,β-unsaturated/α-hetero) is 1. The van der Waals surface area contributed by atoms with Crippen LogP contribution in [0, 0.1) is 23.7 Å². The molecule has 1 aromatic carbocycles. The number of carboxylic acid groups (broad SMARTS) is 1. The molecule has 0 aliphatic carbocycles. The largest absolute Gasteiger partial charge is 0.481 e. The first kappa shape index (κ1) is 44.4. The van der Waals surface area contributed by atoms with E-state index in [1.807, 2.05) is 53.8 Å². The third kappa shape index (κ3) is 11.5. The molecule has 54 heavy (non-hydrogen) atoms. The zero-order chi connectivity index (χ0) is 40.5. The summed E-state index contributed by atoms with van der Waals surface area (Å²) in [5.41, 5.74) is 6.85. The van der Waals surface area contributed by atoms with Crippen molar-refractivity contribution in [2.45, 2.75) is 110 Å². The Balaban J connectivity index is 1.88. The monoisotopic (exact) mass is 770 g/mol. The van der Waals surface area contributed by atoms with Gasteiger partial charge < -0.3 is 30.7 Å². The van der Waals surface area contributed by atoms with Gasteiger partial charge in [0, 0.05) is 63.1 Å². The van der Waals surface area contributed by atoms with E-state index in [9.17, 15) is 29.1 Å². The number of amides is 3. The molecule has 0 unspecified atom stereocenters. The van der Waals surface area contributed by atoms with Crippen molar-refractivity contribution in [3.63, 3.8) is 0 Å². The zero-order valence-electron chi connectivity index (χ0n) is 33.8. The molecule has 1 aliphatic heterocycles. The summed E-state index contributed by atoms with van der Waals surface area (Å²) in [6.07, 6.45) is 1.91. The van der Waals surface area contributed by atoms with Gasteiger partial charge in [-0.1, -0.05) is 53.2 Å². The Kier molecular flexibility index (Phi) is 16.0. The first-order valence-corrected chi connectivity index (χ1v) is 19.9. The van der Waals surface area contributed by atoms with Crippen molar-refractivity contribution in [2.24, 2.45) is 23.7 Å². The van der Waals surface area contributed by atoms with Crippen molar-refractivity contribution in [1.82, 2.24) is 25.0 Å². The van der Waals surface area contributed by atoms with Crippen LogP contribution in [0.25, 0.3) is 0 Å². The van der Waals surface area contributed by atoms with Gasteiger partial charge in [-0.15, -0.1) is 11.3 Å². The van der Waals surface area contributed by atoms with Gasteiger partial charge in [-0.3, -0.25) is 24.1 Å². The quantitative estimate of drug-likeness (QED) is 0.146. The fourth-order valence-electron chi connectivity index (χ4n) is 7.09. The number of carbonyl (C=O) groups is 5. The van der Waals surface area contributed by atoms with E-state index in [-0.39, 0.29) is 48.5 Å². The molecule has 2 aromatic rings. The molecule has 300 valence electrons. The standard InChI is InChI=1S/C40H62N6O7S/c1-11-25(4)30(21-34(47)40(6)17-12-18-45(40)9)37(49)46(10)32(24(2)3)22-33(53-39(52)44(7)8)36-43-31(23-54-36)35(48)42-29(19-26(5)38(50)51)20-27-13-15-28(41)16-14-27/h13-16,23-26,29-30,32-33H,11-12,17-22,41H2,1-10H3,(H,42,48)(H,50,51)/t25-,26-,29+,30-,32+,33+,40+/m0/s1. The third-order valence-electron chi connectivity index (χ3n) is 11.2. The highest BCUT2D eigenvalue weighted by molar-refractivity contribution is 7.09. The van der Waals surface area contributed by atoms with E-state index in [1.165, 1.54) is 16.2 Å². The van der Waals surface area contributed by atoms with Crippen LogP contribution in [0.2, 0.25) is 0 Å². The number of rotatable bonds is 19. The zero-order valence-corrected chi connectivity index (χ0v) is 34.6. The molecule has 0 radical (unpaired) electrons. The minimum Gasteiger partial charge on any atom is -0.481 e. The predicted octanol–water partition coefficient (Wildman–Crippen LogP) is 5.90. The molecule has 14 heteroatoms. The summed E-state index contributed by atoms with van der Waals surface area (Å²) >= 11 is 1.17. The van der Waals surface area contributed by atoms with Crippen molar-refractivity contribution in [3.05, 3.63) is 45.9 Å². The Labute approximate surface area is 325 Å².